The van der Waals surface area contributed by atoms with Crippen molar-refractivity contribution in [2.24, 2.45) is 0 Å². The predicted octanol–water partition coefficient (Wildman–Crippen LogP) is 2.14. The van der Waals surface area contributed by atoms with Gasteiger partial charge in [-0.25, -0.2) is 13.1 Å². The summed E-state index contributed by atoms with van der Waals surface area (Å²) in [5.41, 5.74) is 2.61. The molecule has 8 nitrogen and oxygen atoms in total. The summed E-state index contributed by atoms with van der Waals surface area (Å²) in [6.45, 7) is 0.452. The van der Waals surface area contributed by atoms with Crippen LogP contribution in [0.25, 0.3) is 0 Å². The second-order valence-electron chi connectivity index (χ2n) is 6.64. The van der Waals surface area contributed by atoms with E-state index in [1.165, 1.54) is 31.4 Å². The predicted molar refractivity (Wildman–Crippen MR) is 109 cm³/mol. The normalized spacial score (nSPS) is 13.9. The molecule has 9 heteroatoms. The average molecular weight is 417 g/mol. The third-order valence-corrected chi connectivity index (χ3v) is 5.99. The molecule has 154 valence electrons. The minimum atomic E-state index is -3.63. The highest BCUT2D eigenvalue weighted by molar-refractivity contribution is 7.89. The second-order valence-corrected chi connectivity index (χ2v) is 8.41. The maximum Gasteiger partial charge on any atom is 0.255 e. The second kappa shape index (κ2) is 9.17. The van der Waals surface area contributed by atoms with Crippen molar-refractivity contribution < 1.29 is 22.7 Å². The zero-order valence-electron chi connectivity index (χ0n) is 16.0. The number of methoxy groups -OCH3 is 1. The van der Waals surface area contributed by atoms with Gasteiger partial charge >= 0.3 is 0 Å². The first-order valence-electron chi connectivity index (χ1n) is 9.22. The lowest BCUT2D eigenvalue weighted by Crippen LogP contribution is -2.27. The molecule has 2 aromatic carbocycles. The van der Waals surface area contributed by atoms with Crippen molar-refractivity contribution in [3.8, 4) is 0 Å². The molecule has 2 aromatic rings. The molecular formula is C20H23N3O5S. The topological polar surface area (TPSA) is 114 Å². The minimum absolute atomic E-state index is 0.0206. The molecule has 0 bridgehead atoms. The van der Waals surface area contributed by atoms with Gasteiger partial charge in [0, 0.05) is 37.0 Å². The molecule has 0 aromatic heterocycles. The van der Waals surface area contributed by atoms with E-state index in [0.717, 1.165) is 24.1 Å². The fourth-order valence-electron chi connectivity index (χ4n) is 3.00. The molecule has 0 fully saturated rings. The van der Waals surface area contributed by atoms with Crippen LogP contribution < -0.4 is 15.4 Å². The van der Waals surface area contributed by atoms with Gasteiger partial charge in [-0.2, -0.15) is 0 Å². The molecular weight excluding hydrogens is 394 g/mol. The van der Waals surface area contributed by atoms with E-state index >= 15 is 0 Å². The summed E-state index contributed by atoms with van der Waals surface area (Å²) < 4.78 is 31.6. The van der Waals surface area contributed by atoms with Crippen molar-refractivity contribution in [3.63, 3.8) is 0 Å². The van der Waals surface area contributed by atoms with Crippen LogP contribution >= 0.6 is 0 Å². The Balaban J connectivity index is 1.68. The molecule has 3 rings (SSSR count). The zero-order chi connectivity index (χ0) is 20.9. The molecule has 0 saturated carbocycles. The number of sulfonamides is 1. The Hall–Kier alpha value is -2.75. The van der Waals surface area contributed by atoms with Crippen molar-refractivity contribution >= 4 is 33.2 Å². The third kappa shape index (κ3) is 5.41. The van der Waals surface area contributed by atoms with Gasteiger partial charge in [-0.15, -0.1) is 0 Å². The molecule has 0 aliphatic carbocycles. The van der Waals surface area contributed by atoms with Crippen LogP contribution in [0.15, 0.2) is 47.4 Å². The number of aryl methyl sites for hydroxylation is 1. The van der Waals surface area contributed by atoms with E-state index in [9.17, 15) is 18.0 Å². The first kappa shape index (κ1) is 21.0. The van der Waals surface area contributed by atoms with Gasteiger partial charge < -0.3 is 15.4 Å². The number of amides is 2. The Labute approximate surface area is 169 Å². The molecule has 0 unspecified atom stereocenters. The van der Waals surface area contributed by atoms with Crippen LogP contribution in [-0.2, 0) is 26.0 Å². The Bertz CT molecular complexity index is 1000. The van der Waals surface area contributed by atoms with Crippen LogP contribution in [0.2, 0.25) is 0 Å². The summed E-state index contributed by atoms with van der Waals surface area (Å²) in [5, 5.41) is 5.59. The van der Waals surface area contributed by atoms with Crippen LogP contribution in [0.1, 0.15) is 28.8 Å². The van der Waals surface area contributed by atoms with Crippen molar-refractivity contribution in [2.45, 2.75) is 24.2 Å². The number of benzene rings is 2. The Morgan fingerprint density at radius 3 is 2.62 bits per heavy atom. The number of fused-ring (bicyclic) bond motifs is 1. The molecule has 0 saturated heterocycles. The molecule has 0 atom stereocenters. The molecule has 1 aliphatic rings. The van der Waals surface area contributed by atoms with Gasteiger partial charge in [-0.1, -0.05) is 0 Å². The first-order chi connectivity index (χ1) is 13.9. The van der Waals surface area contributed by atoms with Gasteiger partial charge in [0.2, 0.25) is 15.9 Å². The smallest absolute Gasteiger partial charge is 0.255 e. The lowest BCUT2D eigenvalue weighted by Gasteiger charge is -2.11. The molecule has 1 heterocycles. The minimum Gasteiger partial charge on any atom is -0.383 e. The van der Waals surface area contributed by atoms with Crippen molar-refractivity contribution in [1.82, 2.24) is 4.72 Å². The van der Waals surface area contributed by atoms with E-state index in [2.05, 4.69) is 15.4 Å². The van der Waals surface area contributed by atoms with E-state index in [1.54, 1.807) is 18.2 Å². The summed E-state index contributed by atoms with van der Waals surface area (Å²) in [7, 11) is -2.13. The lowest BCUT2D eigenvalue weighted by atomic mass is 10.0. The highest BCUT2D eigenvalue weighted by Gasteiger charge is 2.16. The van der Waals surface area contributed by atoms with Crippen LogP contribution in [-0.4, -0.2) is 40.5 Å². The summed E-state index contributed by atoms with van der Waals surface area (Å²) in [6, 6.07) is 11.1. The number of ether oxygens (including phenoxy) is 1. The highest BCUT2D eigenvalue weighted by Crippen LogP contribution is 2.24. The van der Waals surface area contributed by atoms with Gasteiger partial charge in [0.15, 0.2) is 0 Å². The highest BCUT2D eigenvalue weighted by atomic mass is 32.2. The number of rotatable bonds is 7. The van der Waals surface area contributed by atoms with Gasteiger partial charge in [0.05, 0.1) is 11.5 Å². The Morgan fingerprint density at radius 1 is 1.14 bits per heavy atom. The molecule has 2 amide bonds. The van der Waals surface area contributed by atoms with Gasteiger partial charge in [0.25, 0.3) is 5.91 Å². The van der Waals surface area contributed by atoms with Crippen LogP contribution in [0.5, 0.6) is 0 Å². The van der Waals surface area contributed by atoms with Crippen molar-refractivity contribution in [3.05, 3.63) is 53.6 Å². The number of carbonyl (C=O) groups is 2. The number of hydrogen-bond acceptors (Lipinski definition) is 5. The van der Waals surface area contributed by atoms with Gasteiger partial charge in [-0.3, -0.25) is 9.59 Å². The van der Waals surface area contributed by atoms with Crippen LogP contribution in [0.4, 0.5) is 11.4 Å². The number of nitrogens with one attached hydrogen (secondary N) is 3. The molecule has 0 radical (unpaired) electrons. The summed E-state index contributed by atoms with van der Waals surface area (Å²) in [4.78, 5) is 24.3. The Morgan fingerprint density at radius 2 is 1.90 bits per heavy atom. The van der Waals surface area contributed by atoms with E-state index in [0.29, 0.717) is 17.7 Å². The first-order valence-corrected chi connectivity index (χ1v) is 10.7. The van der Waals surface area contributed by atoms with E-state index in [-0.39, 0.29) is 29.9 Å². The monoisotopic (exact) mass is 417 g/mol. The van der Waals surface area contributed by atoms with Crippen molar-refractivity contribution in [1.29, 1.82) is 0 Å². The average Bonchev–Trinajstić information content (AvgIpc) is 2.88. The summed E-state index contributed by atoms with van der Waals surface area (Å²) in [6.07, 6.45) is 1.92. The van der Waals surface area contributed by atoms with Crippen LogP contribution in [0.3, 0.4) is 0 Å². The fraction of sp³-hybridized carbons (Fsp3) is 0.300. The summed E-state index contributed by atoms with van der Waals surface area (Å²) in [5.74, 6) is -0.329. The standard InChI is InChI=1S/C20H23N3O5S/c1-28-12-11-21-29(26,27)17-8-6-16(7-9-17)22-20(25)15-5-10-18-14(13-15)3-2-4-19(24)23-18/h5-10,13,21H,2-4,11-12H2,1H3,(H,22,25)(H,23,24). The largest absolute Gasteiger partial charge is 0.383 e. The molecule has 3 N–H and O–H groups in total. The maximum absolute atomic E-state index is 12.6. The molecule has 0 spiro atoms. The molecule has 29 heavy (non-hydrogen) atoms. The quantitative estimate of drug-likeness (QED) is 0.598. The lowest BCUT2D eigenvalue weighted by molar-refractivity contribution is -0.116. The number of anilines is 2. The van der Waals surface area contributed by atoms with E-state index in [1.807, 2.05) is 0 Å². The Kier molecular flexibility index (Phi) is 6.63. The third-order valence-electron chi connectivity index (χ3n) is 4.51. The van der Waals surface area contributed by atoms with Crippen molar-refractivity contribution in [2.75, 3.05) is 30.9 Å². The van der Waals surface area contributed by atoms with E-state index < -0.39 is 10.0 Å². The molecule has 1 aliphatic heterocycles. The fourth-order valence-corrected chi connectivity index (χ4v) is 4.01. The number of hydrogen-bond donors (Lipinski definition) is 3. The number of carbonyl (C=O) groups excluding carboxylic acids is 2. The maximum atomic E-state index is 12.6. The summed E-state index contributed by atoms with van der Waals surface area (Å²) >= 11 is 0. The van der Waals surface area contributed by atoms with Gasteiger partial charge in [0.1, 0.15) is 0 Å². The van der Waals surface area contributed by atoms with Gasteiger partial charge in [-0.05, 0) is 60.9 Å². The van der Waals surface area contributed by atoms with E-state index in [4.69, 9.17) is 4.74 Å². The zero-order valence-corrected chi connectivity index (χ0v) is 16.8. The SMILES string of the molecule is COCCNS(=O)(=O)c1ccc(NC(=O)c2ccc3c(c2)CCCC(=O)N3)cc1. The van der Waals surface area contributed by atoms with Crippen LogP contribution in [0, 0.1) is 0 Å².